The van der Waals surface area contributed by atoms with Crippen molar-refractivity contribution in [2.75, 3.05) is 11.9 Å². The number of hydrogen-bond acceptors (Lipinski definition) is 2. The molecule has 1 N–H and O–H groups in total. The van der Waals surface area contributed by atoms with E-state index in [0.29, 0.717) is 18.1 Å². The summed E-state index contributed by atoms with van der Waals surface area (Å²) < 4.78 is 5.62. The molecule has 0 spiro atoms. The summed E-state index contributed by atoms with van der Waals surface area (Å²) in [5.41, 5.74) is 4.13. The average Bonchev–Trinajstić information content (AvgIpc) is 2.57. The van der Waals surface area contributed by atoms with Gasteiger partial charge in [0.15, 0.2) is 0 Å². The van der Waals surface area contributed by atoms with Gasteiger partial charge in [0, 0.05) is 10.7 Å². The minimum absolute atomic E-state index is 0.0613. The van der Waals surface area contributed by atoms with Crippen LogP contribution in [0.2, 0.25) is 5.02 Å². The Hall–Kier alpha value is -2.00. The molecular formula is C20H24ClNO2. The molecule has 2 rings (SSSR count). The summed E-state index contributed by atoms with van der Waals surface area (Å²) in [6.07, 6.45) is 1.93. The third-order valence-electron chi connectivity index (χ3n) is 3.96. The molecule has 0 aliphatic rings. The Kier molecular flexibility index (Phi) is 6.68. The van der Waals surface area contributed by atoms with Crippen molar-refractivity contribution in [3.05, 3.63) is 58.1 Å². The van der Waals surface area contributed by atoms with Crippen LogP contribution >= 0.6 is 11.6 Å². The van der Waals surface area contributed by atoms with Crippen molar-refractivity contribution in [1.82, 2.24) is 0 Å². The number of nitrogens with one attached hydrogen (secondary N) is 1. The Bertz CT molecular complexity index is 696. The van der Waals surface area contributed by atoms with Gasteiger partial charge in [0.05, 0.1) is 13.0 Å². The lowest BCUT2D eigenvalue weighted by Crippen LogP contribution is -2.17. The highest BCUT2D eigenvalue weighted by Crippen LogP contribution is 2.29. The van der Waals surface area contributed by atoms with E-state index in [4.69, 9.17) is 16.3 Å². The zero-order valence-corrected chi connectivity index (χ0v) is 15.2. The van der Waals surface area contributed by atoms with Crippen LogP contribution in [-0.2, 0) is 17.6 Å². The normalized spacial score (nSPS) is 10.5. The van der Waals surface area contributed by atoms with Crippen molar-refractivity contribution in [1.29, 1.82) is 0 Å². The summed E-state index contributed by atoms with van der Waals surface area (Å²) in [5, 5.41) is 3.71. The molecule has 0 unspecified atom stereocenters. The molecule has 1 amide bonds. The van der Waals surface area contributed by atoms with Crippen LogP contribution in [0.25, 0.3) is 0 Å². The first-order valence-corrected chi connectivity index (χ1v) is 8.72. The second-order valence-corrected chi connectivity index (χ2v) is 6.13. The van der Waals surface area contributed by atoms with Gasteiger partial charge in [-0.25, -0.2) is 0 Å². The SMILES string of the molecule is CCc1ccc(Cl)c(CC)c1NC(=O)CCOc1ccc(C)cc1. The number of rotatable bonds is 7. The van der Waals surface area contributed by atoms with Crippen LogP contribution in [0.15, 0.2) is 36.4 Å². The van der Waals surface area contributed by atoms with E-state index in [2.05, 4.69) is 12.2 Å². The van der Waals surface area contributed by atoms with Crippen LogP contribution in [0.1, 0.15) is 37.0 Å². The van der Waals surface area contributed by atoms with E-state index in [0.717, 1.165) is 35.4 Å². The maximum absolute atomic E-state index is 12.3. The minimum atomic E-state index is -0.0613. The van der Waals surface area contributed by atoms with Gasteiger partial charge < -0.3 is 10.1 Å². The molecule has 2 aromatic carbocycles. The van der Waals surface area contributed by atoms with Crippen molar-refractivity contribution in [2.24, 2.45) is 0 Å². The summed E-state index contributed by atoms with van der Waals surface area (Å²) in [5.74, 6) is 0.716. The van der Waals surface area contributed by atoms with E-state index in [-0.39, 0.29) is 5.91 Å². The quantitative estimate of drug-likeness (QED) is 0.750. The van der Waals surface area contributed by atoms with E-state index in [1.54, 1.807) is 0 Å². The molecule has 0 bridgehead atoms. The molecule has 0 saturated heterocycles. The minimum Gasteiger partial charge on any atom is -0.493 e. The molecule has 3 nitrogen and oxygen atoms in total. The van der Waals surface area contributed by atoms with Crippen molar-refractivity contribution in [3.8, 4) is 5.75 Å². The van der Waals surface area contributed by atoms with Crippen LogP contribution < -0.4 is 10.1 Å². The number of aryl methyl sites for hydroxylation is 2. The van der Waals surface area contributed by atoms with E-state index in [1.807, 2.05) is 50.2 Å². The number of carbonyl (C=O) groups is 1. The molecule has 0 aromatic heterocycles. The van der Waals surface area contributed by atoms with Gasteiger partial charge in [0.25, 0.3) is 0 Å². The fourth-order valence-electron chi connectivity index (χ4n) is 2.56. The summed E-state index contributed by atoms with van der Waals surface area (Å²) in [7, 11) is 0. The highest BCUT2D eigenvalue weighted by atomic mass is 35.5. The Morgan fingerprint density at radius 3 is 2.42 bits per heavy atom. The zero-order valence-electron chi connectivity index (χ0n) is 14.5. The number of benzene rings is 2. The monoisotopic (exact) mass is 345 g/mol. The van der Waals surface area contributed by atoms with Crippen molar-refractivity contribution in [2.45, 2.75) is 40.0 Å². The molecule has 128 valence electrons. The number of ether oxygens (including phenoxy) is 1. The lowest BCUT2D eigenvalue weighted by atomic mass is 10.0. The van der Waals surface area contributed by atoms with Crippen molar-refractivity contribution >= 4 is 23.2 Å². The number of anilines is 1. The van der Waals surface area contributed by atoms with E-state index < -0.39 is 0 Å². The predicted molar refractivity (Wildman–Crippen MR) is 100 cm³/mol. The van der Waals surface area contributed by atoms with Gasteiger partial charge in [0.1, 0.15) is 5.75 Å². The lowest BCUT2D eigenvalue weighted by Gasteiger charge is -2.16. The highest BCUT2D eigenvalue weighted by Gasteiger charge is 2.13. The maximum Gasteiger partial charge on any atom is 0.227 e. The molecule has 0 heterocycles. The Morgan fingerprint density at radius 1 is 1.08 bits per heavy atom. The number of halogens is 1. The smallest absolute Gasteiger partial charge is 0.227 e. The summed E-state index contributed by atoms with van der Waals surface area (Å²) >= 11 is 6.26. The average molecular weight is 346 g/mol. The van der Waals surface area contributed by atoms with E-state index in [1.165, 1.54) is 5.56 Å². The molecule has 4 heteroatoms. The van der Waals surface area contributed by atoms with Crippen LogP contribution in [0.5, 0.6) is 5.75 Å². The van der Waals surface area contributed by atoms with Crippen LogP contribution in [-0.4, -0.2) is 12.5 Å². The Labute approximate surface area is 149 Å². The van der Waals surface area contributed by atoms with Crippen molar-refractivity contribution in [3.63, 3.8) is 0 Å². The first-order chi connectivity index (χ1) is 11.5. The summed E-state index contributed by atoms with van der Waals surface area (Å²) in [6.45, 7) is 6.48. The number of amides is 1. The third kappa shape index (κ3) is 4.75. The summed E-state index contributed by atoms with van der Waals surface area (Å²) in [4.78, 5) is 12.3. The molecule has 0 saturated carbocycles. The first-order valence-electron chi connectivity index (χ1n) is 8.34. The molecule has 0 aliphatic heterocycles. The number of carbonyl (C=O) groups excluding carboxylic acids is 1. The van der Waals surface area contributed by atoms with Gasteiger partial charge in [0.2, 0.25) is 5.91 Å². The van der Waals surface area contributed by atoms with E-state index >= 15 is 0 Å². The van der Waals surface area contributed by atoms with Crippen LogP contribution in [0, 0.1) is 6.92 Å². The molecule has 24 heavy (non-hydrogen) atoms. The van der Waals surface area contributed by atoms with Gasteiger partial charge in [-0.2, -0.15) is 0 Å². The maximum atomic E-state index is 12.3. The van der Waals surface area contributed by atoms with Gasteiger partial charge in [-0.05, 0) is 49.1 Å². The van der Waals surface area contributed by atoms with Gasteiger partial charge in [-0.3, -0.25) is 4.79 Å². The largest absolute Gasteiger partial charge is 0.493 e. The van der Waals surface area contributed by atoms with Crippen LogP contribution in [0.3, 0.4) is 0 Å². The summed E-state index contributed by atoms with van der Waals surface area (Å²) in [6, 6.07) is 11.7. The van der Waals surface area contributed by atoms with Gasteiger partial charge in [-0.15, -0.1) is 0 Å². The van der Waals surface area contributed by atoms with Gasteiger partial charge >= 0.3 is 0 Å². The topological polar surface area (TPSA) is 38.3 Å². The fraction of sp³-hybridized carbons (Fsp3) is 0.350. The van der Waals surface area contributed by atoms with Crippen molar-refractivity contribution < 1.29 is 9.53 Å². The fourth-order valence-corrected chi connectivity index (χ4v) is 2.86. The standard InChI is InChI=1S/C20H24ClNO2/c1-4-15-8-11-18(21)17(5-2)20(15)22-19(23)12-13-24-16-9-6-14(3)7-10-16/h6-11H,4-5,12-13H2,1-3H3,(H,22,23). The molecule has 2 aromatic rings. The Morgan fingerprint density at radius 2 is 1.79 bits per heavy atom. The third-order valence-corrected chi connectivity index (χ3v) is 4.31. The lowest BCUT2D eigenvalue weighted by molar-refractivity contribution is -0.116. The Balaban J connectivity index is 1.97. The van der Waals surface area contributed by atoms with Gasteiger partial charge in [-0.1, -0.05) is 49.2 Å². The molecule has 0 atom stereocenters. The first kappa shape index (κ1) is 18.3. The van der Waals surface area contributed by atoms with E-state index in [9.17, 15) is 4.79 Å². The second kappa shape index (κ2) is 8.74. The molecule has 0 radical (unpaired) electrons. The van der Waals surface area contributed by atoms with Crippen LogP contribution in [0.4, 0.5) is 5.69 Å². The number of hydrogen-bond donors (Lipinski definition) is 1. The zero-order chi connectivity index (χ0) is 17.5. The highest BCUT2D eigenvalue weighted by molar-refractivity contribution is 6.32. The molecule has 0 fully saturated rings. The molecule has 0 aliphatic carbocycles. The molecular weight excluding hydrogens is 322 g/mol. The second-order valence-electron chi connectivity index (χ2n) is 5.73. The predicted octanol–water partition coefficient (Wildman–Crippen LogP) is 5.18.